The van der Waals surface area contributed by atoms with Gasteiger partial charge in [-0.05, 0) is 62.4 Å². The Bertz CT molecular complexity index is 911. The molecule has 0 spiro atoms. The molecule has 0 aliphatic carbocycles. The lowest BCUT2D eigenvalue weighted by atomic mass is 9.96. The fourth-order valence-electron chi connectivity index (χ4n) is 4.06. The number of aromatic nitrogens is 2. The highest BCUT2D eigenvalue weighted by atomic mass is 16.5. The molecule has 0 radical (unpaired) electrons. The SMILES string of the molecule is CCN(C[C@@H]1CCCN(CCc2cccc(OC)c2)C1)C(=O)c1ccc(=O)n(C)n1. The average molecular weight is 413 g/mol. The molecule has 1 aromatic carbocycles. The molecule has 1 atom stereocenters. The highest BCUT2D eigenvalue weighted by Crippen LogP contribution is 2.20. The lowest BCUT2D eigenvalue weighted by Gasteiger charge is -2.35. The summed E-state index contributed by atoms with van der Waals surface area (Å²) in [5.41, 5.74) is 1.39. The normalized spacial score (nSPS) is 17.0. The summed E-state index contributed by atoms with van der Waals surface area (Å²) in [6, 6.07) is 11.2. The van der Waals surface area contributed by atoms with Gasteiger partial charge in [-0.3, -0.25) is 9.59 Å². The molecule has 7 heteroatoms. The van der Waals surface area contributed by atoms with E-state index in [-0.39, 0.29) is 11.5 Å². The van der Waals surface area contributed by atoms with Gasteiger partial charge in [0.2, 0.25) is 0 Å². The first-order valence-electron chi connectivity index (χ1n) is 10.7. The Hall–Kier alpha value is -2.67. The number of aryl methyl sites for hydroxylation is 1. The molecule has 0 bridgehead atoms. The lowest BCUT2D eigenvalue weighted by molar-refractivity contribution is 0.0682. The molecule has 1 aliphatic heterocycles. The number of piperidine rings is 1. The van der Waals surface area contributed by atoms with E-state index in [1.54, 1.807) is 14.2 Å². The maximum absolute atomic E-state index is 12.9. The maximum Gasteiger partial charge on any atom is 0.274 e. The van der Waals surface area contributed by atoms with E-state index in [4.69, 9.17) is 4.74 Å². The Labute approximate surface area is 178 Å². The number of likely N-dealkylation sites (tertiary alicyclic amines) is 1. The monoisotopic (exact) mass is 412 g/mol. The molecule has 1 amide bonds. The topological polar surface area (TPSA) is 67.7 Å². The van der Waals surface area contributed by atoms with Crippen molar-refractivity contribution in [3.8, 4) is 5.75 Å². The van der Waals surface area contributed by atoms with Crippen molar-refractivity contribution < 1.29 is 9.53 Å². The Morgan fingerprint density at radius 3 is 2.87 bits per heavy atom. The Balaban J connectivity index is 1.56. The predicted molar refractivity (Wildman–Crippen MR) is 117 cm³/mol. The molecule has 7 nitrogen and oxygen atoms in total. The number of amides is 1. The van der Waals surface area contributed by atoms with Crippen LogP contribution in [0.15, 0.2) is 41.2 Å². The summed E-state index contributed by atoms with van der Waals surface area (Å²) in [5.74, 6) is 1.23. The second kappa shape index (κ2) is 10.4. The smallest absolute Gasteiger partial charge is 0.274 e. The Morgan fingerprint density at radius 1 is 1.30 bits per heavy atom. The summed E-state index contributed by atoms with van der Waals surface area (Å²) in [5, 5.41) is 4.12. The van der Waals surface area contributed by atoms with E-state index >= 15 is 0 Å². The van der Waals surface area contributed by atoms with E-state index in [2.05, 4.69) is 22.1 Å². The standard InChI is InChI=1S/C23H32N4O3/c1-4-27(23(29)21-10-11-22(28)25(2)24-21)17-19-8-6-13-26(16-19)14-12-18-7-5-9-20(15-18)30-3/h5,7,9-11,15,19H,4,6,8,12-14,16-17H2,1-3H3/t19-/m1/s1. The van der Waals surface area contributed by atoms with Crippen LogP contribution < -0.4 is 10.3 Å². The largest absolute Gasteiger partial charge is 0.497 e. The molecule has 2 aromatic rings. The molecule has 1 aromatic heterocycles. The highest BCUT2D eigenvalue weighted by Gasteiger charge is 2.25. The molecular formula is C23H32N4O3. The predicted octanol–water partition coefficient (Wildman–Crippen LogP) is 2.21. The minimum absolute atomic E-state index is 0.110. The molecule has 2 heterocycles. The third-order valence-corrected chi connectivity index (χ3v) is 5.78. The fraction of sp³-hybridized carbons (Fsp3) is 0.522. The molecule has 3 rings (SSSR count). The number of ether oxygens (including phenoxy) is 1. The number of hydrogen-bond acceptors (Lipinski definition) is 5. The van der Waals surface area contributed by atoms with Gasteiger partial charge in [0.25, 0.3) is 11.5 Å². The second-order valence-corrected chi connectivity index (χ2v) is 7.93. The van der Waals surface area contributed by atoms with Crippen molar-refractivity contribution in [3.05, 3.63) is 58.0 Å². The van der Waals surface area contributed by atoms with Gasteiger partial charge in [0.15, 0.2) is 0 Å². The van der Waals surface area contributed by atoms with E-state index in [0.717, 1.165) is 51.2 Å². The maximum atomic E-state index is 12.9. The second-order valence-electron chi connectivity index (χ2n) is 7.93. The summed E-state index contributed by atoms with van der Waals surface area (Å²) in [6.45, 7) is 6.44. The molecular weight excluding hydrogens is 380 g/mol. The van der Waals surface area contributed by atoms with Gasteiger partial charge in [-0.2, -0.15) is 5.10 Å². The number of carbonyl (C=O) groups excluding carboxylic acids is 1. The Kier molecular flexibility index (Phi) is 7.63. The van der Waals surface area contributed by atoms with Crippen LogP contribution in [0, 0.1) is 5.92 Å². The number of methoxy groups -OCH3 is 1. The molecule has 1 fully saturated rings. The van der Waals surface area contributed by atoms with E-state index in [0.29, 0.717) is 18.2 Å². The van der Waals surface area contributed by atoms with Crippen molar-refractivity contribution in [2.45, 2.75) is 26.2 Å². The molecule has 0 saturated carbocycles. The van der Waals surface area contributed by atoms with Crippen LogP contribution in [-0.2, 0) is 13.5 Å². The van der Waals surface area contributed by atoms with Crippen LogP contribution in [0.4, 0.5) is 0 Å². The zero-order valence-corrected chi connectivity index (χ0v) is 18.2. The van der Waals surface area contributed by atoms with Crippen LogP contribution in [0.5, 0.6) is 5.75 Å². The van der Waals surface area contributed by atoms with Crippen molar-refractivity contribution >= 4 is 5.91 Å². The van der Waals surface area contributed by atoms with Crippen LogP contribution in [0.2, 0.25) is 0 Å². The highest BCUT2D eigenvalue weighted by molar-refractivity contribution is 5.92. The van der Waals surface area contributed by atoms with Crippen molar-refractivity contribution in [2.24, 2.45) is 13.0 Å². The molecule has 0 unspecified atom stereocenters. The first-order chi connectivity index (χ1) is 14.5. The number of hydrogen-bond donors (Lipinski definition) is 0. The van der Waals surface area contributed by atoms with Gasteiger partial charge in [0.1, 0.15) is 11.4 Å². The Morgan fingerprint density at radius 2 is 2.13 bits per heavy atom. The van der Waals surface area contributed by atoms with Crippen molar-refractivity contribution in [2.75, 3.05) is 39.8 Å². The van der Waals surface area contributed by atoms with E-state index in [1.165, 1.54) is 22.4 Å². The molecule has 162 valence electrons. The molecule has 1 aliphatic rings. The third kappa shape index (κ3) is 5.69. The number of rotatable bonds is 8. The van der Waals surface area contributed by atoms with Gasteiger partial charge in [-0.1, -0.05) is 12.1 Å². The first kappa shape index (κ1) is 22.0. The lowest BCUT2D eigenvalue weighted by Crippen LogP contribution is -2.43. The summed E-state index contributed by atoms with van der Waals surface area (Å²) in [4.78, 5) is 28.8. The first-order valence-corrected chi connectivity index (χ1v) is 10.7. The summed E-state index contributed by atoms with van der Waals surface area (Å²) >= 11 is 0. The van der Waals surface area contributed by atoms with Crippen LogP contribution in [0.1, 0.15) is 35.8 Å². The van der Waals surface area contributed by atoms with Gasteiger partial charge < -0.3 is 14.5 Å². The quantitative estimate of drug-likeness (QED) is 0.665. The minimum atomic E-state index is -0.214. The van der Waals surface area contributed by atoms with Gasteiger partial charge in [0.05, 0.1) is 7.11 Å². The van der Waals surface area contributed by atoms with Gasteiger partial charge >= 0.3 is 0 Å². The van der Waals surface area contributed by atoms with E-state index in [1.807, 2.05) is 24.0 Å². The van der Waals surface area contributed by atoms with E-state index < -0.39 is 0 Å². The zero-order valence-electron chi connectivity index (χ0n) is 18.2. The molecule has 30 heavy (non-hydrogen) atoms. The zero-order chi connectivity index (χ0) is 21.5. The summed E-state index contributed by atoms with van der Waals surface area (Å²) < 4.78 is 6.53. The van der Waals surface area contributed by atoms with Gasteiger partial charge in [-0.15, -0.1) is 0 Å². The summed E-state index contributed by atoms with van der Waals surface area (Å²) in [6.07, 6.45) is 3.26. The molecule has 0 N–H and O–H groups in total. The van der Waals surface area contributed by atoms with E-state index in [9.17, 15) is 9.59 Å². The van der Waals surface area contributed by atoms with Crippen molar-refractivity contribution in [1.82, 2.24) is 19.6 Å². The van der Waals surface area contributed by atoms with Gasteiger partial charge in [-0.25, -0.2) is 4.68 Å². The average Bonchev–Trinajstić information content (AvgIpc) is 2.78. The van der Waals surface area contributed by atoms with Crippen molar-refractivity contribution in [1.29, 1.82) is 0 Å². The fourth-order valence-corrected chi connectivity index (χ4v) is 4.06. The van der Waals surface area contributed by atoms with Crippen LogP contribution in [-0.4, -0.2) is 65.3 Å². The van der Waals surface area contributed by atoms with Gasteiger partial charge in [0, 0.05) is 39.3 Å². The minimum Gasteiger partial charge on any atom is -0.497 e. The summed E-state index contributed by atoms with van der Waals surface area (Å²) in [7, 11) is 3.26. The number of benzene rings is 1. The van der Waals surface area contributed by atoms with Crippen LogP contribution in [0.3, 0.4) is 0 Å². The van der Waals surface area contributed by atoms with Crippen molar-refractivity contribution in [3.63, 3.8) is 0 Å². The number of carbonyl (C=O) groups is 1. The molecule has 1 saturated heterocycles. The van der Waals surface area contributed by atoms with Crippen LogP contribution in [0.25, 0.3) is 0 Å². The number of nitrogens with zero attached hydrogens (tertiary/aromatic N) is 4. The third-order valence-electron chi connectivity index (χ3n) is 5.78. The van der Waals surface area contributed by atoms with Crippen LogP contribution >= 0.6 is 0 Å².